The van der Waals surface area contributed by atoms with Crippen LogP contribution in [0, 0.1) is 23.2 Å². The molecular weight excluding hydrogens is 692 g/mol. The normalized spacial score (nSPS) is 40.1. The van der Waals surface area contributed by atoms with E-state index in [1.54, 1.807) is 41.5 Å². The van der Waals surface area contributed by atoms with Crippen molar-refractivity contribution in [3.8, 4) is 0 Å². The number of Topliss-reactive ketones (excluding diaryl/α,β-unsaturated/α-hetero) is 2. The molecule has 0 aromatic heterocycles. The van der Waals surface area contributed by atoms with E-state index in [1.807, 2.05) is 57.1 Å². The first kappa shape index (κ1) is 43.8. The summed E-state index contributed by atoms with van der Waals surface area (Å²) in [5.41, 5.74) is -2.71. The van der Waals surface area contributed by atoms with Gasteiger partial charge in [-0.2, -0.15) is 0 Å². The zero-order valence-electron chi connectivity index (χ0n) is 35.0. The predicted molar refractivity (Wildman–Crippen MR) is 204 cm³/mol. The molecule has 12 nitrogen and oxygen atoms in total. The molecule has 1 amide bonds. The third-order valence-electron chi connectivity index (χ3n) is 12.5. The number of likely N-dealkylation sites (N-methyl/N-ethyl adjacent to an activating group) is 1. The second kappa shape index (κ2) is 16.3. The number of esters is 1. The number of aliphatic hydroxyl groups excluding tert-OH is 1. The Morgan fingerprint density at radius 3 is 2.13 bits per heavy atom. The SMILES string of the molecule is CC[C@H]1OC(=O)C(C)(Cc2ccc(C(C)(C)C)cc2)C(=O)[C@H](C)[C@@H](OC2O[C@H](C)C[C@H](N(C)C)[C@H]2O)[C@@](C)(OC)C[C@@H](C)C(=O)[C@H](C)C2NC(=O)OC21C. The maximum atomic E-state index is 15.3. The number of hydrogen-bond donors (Lipinski definition) is 2. The fourth-order valence-electron chi connectivity index (χ4n) is 8.97. The van der Waals surface area contributed by atoms with E-state index in [4.69, 9.17) is 23.7 Å². The zero-order valence-corrected chi connectivity index (χ0v) is 35.0. The average molecular weight is 759 g/mol. The Labute approximate surface area is 322 Å². The highest BCUT2D eigenvalue weighted by Crippen LogP contribution is 2.43. The van der Waals surface area contributed by atoms with Gasteiger partial charge < -0.3 is 39.0 Å². The molecule has 3 aliphatic heterocycles. The maximum Gasteiger partial charge on any atom is 0.408 e. The molecule has 4 rings (SSSR count). The molecule has 0 bridgehead atoms. The minimum absolute atomic E-state index is 0.0119. The van der Waals surface area contributed by atoms with E-state index in [0.29, 0.717) is 6.42 Å². The molecule has 0 saturated carbocycles. The third-order valence-corrected chi connectivity index (χ3v) is 12.5. The first-order chi connectivity index (χ1) is 24.9. The second-order valence-corrected chi connectivity index (χ2v) is 18.0. The number of carbonyl (C=O) groups excluding carboxylic acids is 4. The number of cyclic esters (lactones) is 1. The molecule has 13 atom stereocenters. The van der Waals surface area contributed by atoms with Crippen molar-refractivity contribution in [2.24, 2.45) is 23.2 Å². The van der Waals surface area contributed by atoms with Crippen LogP contribution in [0.25, 0.3) is 0 Å². The summed E-state index contributed by atoms with van der Waals surface area (Å²) in [4.78, 5) is 59.2. The number of nitrogens with one attached hydrogen (secondary N) is 1. The van der Waals surface area contributed by atoms with Crippen molar-refractivity contribution >= 4 is 23.6 Å². The number of benzene rings is 1. The Balaban J connectivity index is 1.91. The van der Waals surface area contributed by atoms with Gasteiger partial charge in [0.2, 0.25) is 0 Å². The van der Waals surface area contributed by atoms with Crippen molar-refractivity contribution in [2.45, 2.75) is 161 Å². The van der Waals surface area contributed by atoms with E-state index in [1.165, 1.54) is 7.11 Å². The van der Waals surface area contributed by atoms with Gasteiger partial charge in [-0.05, 0) is 84.0 Å². The lowest BCUT2D eigenvalue weighted by atomic mass is 9.69. The van der Waals surface area contributed by atoms with Gasteiger partial charge in [0.05, 0.1) is 23.9 Å². The standard InChI is InChI=1S/C42H66N2O10/c1-15-30-42(11)33(43-38(49)54-42)25(4)31(45)23(2)21-41(10,50-14)35(53-36-32(46)29(44(12)13)20-24(3)51-36)26(5)34(47)40(9,37(48)52-30)22-27-16-18-28(19-17-27)39(6,7)8/h16-19,23-26,29-30,32-33,35-36,46H,15,20-22H2,1-14H3,(H,43,49)/t23-,24-,25+,26+,29+,30-,32-,33?,35-,36?,40?,41+,42?/m1/s1. The van der Waals surface area contributed by atoms with E-state index in [9.17, 15) is 19.5 Å². The van der Waals surface area contributed by atoms with Gasteiger partial charge in [-0.3, -0.25) is 14.4 Å². The minimum Gasteiger partial charge on any atom is -0.457 e. The summed E-state index contributed by atoms with van der Waals surface area (Å²) in [6.07, 6.45) is -4.33. The lowest BCUT2D eigenvalue weighted by Gasteiger charge is -2.47. The lowest BCUT2D eigenvalue weighted by molar-refractivity contribution is -0.295. The smallest absolute Gasteiger partial charge is 0.408 e. The van der Waals surface area contributed by atoms with Gasteiger partial charge in [-0.1, -0.05) is 72.7 Å². The molecular formula is C42H66N2O10. The van der Waals surface area contributed by atoms with Crippen LogP contribution in [0.2, 0.25) is 0 Å². The van der Waals surface area contributed by atoms with E-state index >= 15 is 4.79 Å². The summed E-state index contributed by atoms with van der Waals surface area (Å²) >= 11 is 0. The van der Waals surface area contributed by atoms with Crippen LogP contribution < -0.4 is 5.32 Å². The monoisotopic (exact) mass is 758 g/mol. The van der Waals surface area contributed by atoms with Crippen molar-refractivity contribution < 1.29 is 48.0 Å². The molecule has 3 fully saturated rings. The highest BCUT2D eigenvalue weighted by Gasteiger charge is 2.59. The summed E-state index contributed by atoms with van der Waals surface area (Å²) < 4.78 is 31.3. The number of rotatable bonds is 7. The summed E-state index contributed by atoms with van der Waals surface area (Å²) in [6, 6.07) is 6.74. The van der Waals surface area contributed by atoms with Crippen LogP contribution in [-0.2, 0) is 49.9 Å². The van der Waals surface area contributed by atoms with Gasteiger partial charge in [0.1, 0.15) is 23.4 Å². The number of alkyl carbamates (subject to hydrolysis) is 1. The van der Waals surface area contributed by atoms with Crippen LogP contribution in [0.15, 0.2) is 24.3 Å². The van der Waals surface area contributed by atoms with Gasteiger partial charge in [0.15, 0.2) is 17.7 Å². The Morgan fingerprint density at radius 2 is 1.59 bits per heavy atom. The summed E-state index contributed by atoms with van der Waals surface area (Å²) in [6.45, 7) is 20.3. The van der Waals surface area contributed by atoms with Gasteiger partial charge in [-0.15, -0.1) is 0 Å². The minimum atomic E-state index is -1.75. The number of nitrogens with zero attached hydrogens (tertiary/aromatic N) is 1. The van der Waals surface area contributed by atoms with E-state index in [2.05, 4.69) is 26.1 Å². The van der Waals surface area contributed by atoms with Crippen molar-refractivity contribution in [3.63, 3.8) is 0 Å². The number of aliphatic hydroxyl groups is 1. The first-order valence-electron chi connectivity index (χ1n) is 19.5. The van der Waals surface area contributed by atoms with E-state index < -0.39 is 82.9 Å². The predicted octanol–water partition coefficient (Wildman–Crippen LogP) is 5.39. The molecule has 0 spiro atoms. The van der Waals surface area contributed by atoms with Crippen molar-refractivity contribution in [1.82, 2.24) is 10.2 Å². The summed E-state index contributed by atoms with van der Waals surface area (Å²) in [7, 11) is 5.25. The molecule has 3 saturated heterocycles. The lowest BCUT2D eigenvalue weighted by Crippen LogP contribution is -2.61. The number of fused-ring (bicyclic) bond motifs is 1. The molecule has 304 valence electrons. The quantitative estimate of drug-likeness (QED) is 0.272. The fraction of sp³-hybridized carbons (Fsp3) is 0.762. The first-order valence-corrected chi connectivity index (χ1v) is 19.5. The van der Waals surface area contributed by atoms with Crippen LogP contribution in [0.4, 0.5) is 4.79 Å². The number of hydrogen-bond acceptors (Lipinski definition) is 11. The number of amides is 1. The summed E-state index contributed by atoms with van der Waals surface area (Å²) in [5, 5.41) is 14.4. The van der Waals surface area contributed by atoms with E-state index in [0.717, 1.165) is 11.1 Å². The van der Waals surface area contributed by atoms with Gasteiger partial charge >= 0.3 is 12.1 Å². The molecule has 4 unspecified atom stereocenters. The molecule has 1 aromatic carbocycles. The molecule has 12 heteroatoms. The van der Waals surface area contributed by atoms with E-state index in [-0.39, 0.29) is 42.6 Å². The molecule has 0 radical (unpaired) electrons. The van der Waals surface area contributed by atoms with Crippen LogP contribution >= 0.6 is 0 Å². The summed E-state index contributed by atoms with van der Waals surface area (Å²) in [5.74, 6) is -3.83. The van der Waals surface area contributed by atoms with Crippen LogP contribution in [0.3, 0.4) is 0 Å². The Hall–Kier alpha value is -2.90. The van der Waals surface area contributed by atoms with Gasteiger partial charge in [0, 0.05) is 30.9 Å². The number of ketones is 2. The molecule has 54 heavy (non-hydrogen) atoms. The zero-order chi connectivity index (χ0) is 40.7. The Kier molecular flexibility index (Phi) is 13.2. The highest BCUT2D eigenvalue weighted by molar-refractivity contribution is 6.05. The van der Waals surface area contributed by atoms with Gasteiger partial charge in [0.25, 0.3) is 0 Å². The molecule has 2 N–H and O–H groups in total. The van der Waals surface area contributed by atoms with Crippen LogP contribution in [-0.4, -0.2) is 109 Å². The maximum absolute atomic E-state index is 15.3. The molecule has 3 heterocycles. The van der Waals surface area contributed by atoms with Crippen molar-refractivity contribution in [3.05, 3.63) is 35.4 Å². The number of methoxy groups -OCH3 is 1. The second-order valence-electron chi connectivity index (χ2n) is 18.0. The van der Waals surface area contributed by atoms with Crippen LogP contribution in [0.5, 0.6) is 0 Å². The largest absolute Gasteiger partial charge is 0.457 e. The molecule has 1 aromatic rings. The third kappa shape index (κ3) is 8.57. The average Bonchev–Trinajstić information content (AvgIpc) is 3.42. The molecule has 3 aliphatic rings. The number of carbonyl (C=O) groups is 4. The number of ether oxygens (including phenoxy) is 5. The Bertz CT molecular complexity index is 1530. The Morgan fingerprint density at radius 1 is 0.981 bits per heavy atom. The van der Waals surface area contributed by atoms with Crippen molar-refractivity contribution in [2.75, 3.05) is 21.2 Å². The topological polar surface area (TPSA) is 150 Å². The van der Waals surface area contributed by atoms with Gasteiger partial charge in [-0.25, -0.2) is 4.79 Å². The van der Waals surface area contributed by atoms with Crippen molar-refractivity contribution in [1.29, 1.82) is 0 Å². The highest BCUT2D eigenvalue weighted by atomic mass is 16.7. The molecule has 0 aliphatic carbocycles. The van der Waals surface area contributed by atoms with Crippen LogP contribution in [0.1, 0.15) is 107 Å². The fourth-order valence-corrected chi connectivity index (χ4v) is 8.97.